The SMILES string of the molecule is COC(=O)c1ccsc1NC(=O)c1cccc(-n2cccc2)c1. The number of hydrogen-bond acceptors (Lipinski definition) is 4. The summed E-state index contributed by atoms with van der Waals surface area (Å²) in [6, 6.07) is 12.7. The predicted octanol–water partition coefficient (Wildman–Crippen LogP) is 3.58. The molecule has 3 aromatic rings. The average molecular weight is 326 g/mol. The van der Waals surface area contributed by atoms with Crippen LogP contribution in [0.1, 0.15) is 20.7 Å². The number of hydrogen-bond donors (Lipinski definition) is 1. The van der Waals surface area contributed by atoms with Crippen LogP contribution in [-0.4, -0.2) is 23.6 Å². The molecule has 1 amide bonds. The van der Waals surface area contributed by atoms with Crippen LogP contribution >= 0.6 is 11.3 Å². The van der Waals surface area contributed by atoms with E-state index in [-0.39, 0.29) is 5.91 Å². The van der Waals surface area contributed by atoms with Gasteiger partial charge in [-0.25, -0.2) is 4.79 Å². The minimum Gasteiger partial charge on any atom is -0.465 e. The second kappa shape index (κ2) is 6.50. The quantitative estimate of drug-likeness (QED) is 0.746. The first-order valence-electron chi connectivity index (χ1n) is 6.89. The molecule has 2 heterocycles. The third-order valence-corrected chi connectivity index (χ3v) is 4.14. The van der Waals surface area contributed by atoms with E-state index in [1.54, 1.807) is 23.6 Å². The number of thiophene rings is 1. The monoisotopic (exact) mass is 326 g/mol. The van der Waals surface area contributed by atoms with Crippen molar-refractivity contribution >= 4 is 28.2 Å². The Morgan fingerprint density at radius 3 is 2.65 bits per heavy atom. The molecule has 0 aliphatic carbocycles. The lowest BCUT2D eigenvalue weighted by atomic mass is 10.2. The van der Waals surface area contributed by atoms with Crippen LogP contribution in [-0.2, 0) is 4.74 Å². The maximum Gasteiger partial charge on any atom is 0.340 e. The number of anilines is 1. The number of benzene rings is 1. The Morgan fingerprint density at radius 2 is 1.91 bits per heavy atom. The molecule has 3 rings (SSSR count). The van der Waals surface area contributed by atoms with Crippen LogP contribution in [0.3, 0.4) is 0 Å². The molecule has 0 saturated carbocycles. The van der Waals surface area contributed by atoms with Gasteiger partial charge in [-0.1, -0.05) is 6.07 Å². The molecule has 1 N–H and O–H groups in total. The van der Waals surface area contributed by atoms with Crippen molar-refractivity contribution in [1.82, 2.24) is 4.57 Å². The summed E-state index contributed by atoms with van der Waals surface area (Å²) in [7, 11) is 1.31. The summed E-state index contributed by atoms with van der Waals surface area (Å²) in [6.07, 6.45) is 3.82. The molecule has 0 aliphatic rings. The highest BCUT2D eigenvalue weighted by Crippen LogP contribution is 2.24. The van der Waals surface area contributed by atoms with Crippen molar-refractivity contribution in [2.75, 3.05) is 12.4 Å². The fourth-order valence-corrected chi connectivity index (χ4v) is 2.94. The summed E-state index contributed by atoms with van der Waals surface area (Å²) < 4.78 is 6.62. The van der Waals surface area contributed by atoms with Crippen molar-refractivity contribution in [2.45, 2.75) is 0 Å². The van der Waals surface area contributed by atoms with Crippen LogP contribution < -0.4 is 5.32 Å². The standard InChI is InChI=1S/C17H14N2O3S/c1-22-17(21)14-7-10-23-16(14)18-15(20)12-5-4-6-13(11-12)19-8-2-3-9-19/h2-11H,1H3,(H,18,20). The largest absolute Gasteiger partial charge is 0.465 e. The third-order valence-electron chi connectivity index (χ3n) is 3.31. The van der Waals surface area contributed by atoms with Gasteiger partial charge in [-0.05, 0) is 41.8 Å². The van der Waals surface area contributed by atoms with E-state index >= 15 is 0 Å². The van der Waals surface area contributed by atoms with Gasteiger partial charge in [0.2, 0.25) is 0 Å². The van der Waals surface area contributed by atoms with Crippen molar-refractivity contribution in [3.8, 4) is 5.69 Å². The number of ether oxygens (including phenoxy) is 1. The van der Waals surface area contributed by atoms with Crippen LogP contribution in [0.5, 0.6) is 0 Å². The van der Waals surface area contributed by atoms with Gasteiger partial charge in [0, 0.05) is 23.6 Å². The summed E-state index contributed by atoms with van der Waals surface area (Å²) in [5.74, 6) is -0.741. The van der Waals surface area contributed by atoms with Crippen LogP contribution in [0.15, 0.2) is 60.2 Å². The number of aromatic nitrogens is 1. The van der Waals surface area contributed by atoms with Crippen molar-refractivity contribution in [3.05, 3.63) is 71.4 Å². The predicted molar refractivity (Wildman–Crippen MR) is 89.4 cm³/mol. The lowest BCUT2D eigenvalue weighted by Gasteiger charge is -2.08. The van der Waals surface area contributed by atoms with E-state index in [9.17, 15) is 9.59 Å². The zero-order chi connectivity index (χ0) is 16.2. The van der Waals surface area contributed by atoms with Gasteiger partial charge in [0.1, 0.15) is 5.00 Å². The van der Waals surface area contributed by atoms with E-state index < -0.39 is 5.97 Å². The Balaban J connectivity index is 1.83. The van der Waals surface area contributed by atoms with Crippen LogP contribution in [0.25, 0.3) is 5.69 Å². The van der Waals surface area contributed by atoms with Gasteiger partial charge in [-0.15, -0.1) is 11.3 Å². The Morgan fingerprint density at radius 1 is 1.13 bits per heavy atom. The van der Waals surface area contributed by atoms with Crippen molar-refractivity contribution in [2.24, 2.45) is 0 Å². The van der Waals surface area contributed by atoms with E-state index in [1.165, 1.54) is 18.4 Å². The molecule has 5 nitrogen and oxygen atoms in total. The fraction of sp³-hybridized carbons (Fsp3) is 0.0588. The maximum atomic E-state index is 12.4. The summed E-state index contributed by atoms with van der Waals surface area (Å²) in [5, 5.41) is 4.98. The molecule has 116 valence electrons. The number of esters is 1. The van der Waals surface area contributed by atoms with Crippen molar-refractivity contribution < 1.29 is 14.3 Å². The molecule has 2 aromatic heterocycles. The van der Waals surface area contributed by atoms with Gasteiger partial charge in [0.15, 0.2) is 0 Å². The summed E-state index contributed by atoms with van der Waals surface area (Å²) in [6.45, 7) is 0. The van der Waals surface area contributed by atoms with Gasteiger partial charge in [-0.2, -0.15) is 0 Å². The van der Waals surface area contributed by atoms with Gasteiger partial charge in [-0.3, -0.25) is 4.79 Å². The molecule has 0 atom stereocenters. The highest BCUT2D eigenvalue weighted by Gasteiger charge is 2.16. The molecular weight excluding hydrogens is 312 g/mol. The Kier molecular flexibility index (Phi) is 4.25. The number of rotatable bonds is 4. The Hall–Kier alpha value is -2.86. The number of nitrogens with zero attached hydrogens (tertiary/aromatic N) is 1. The number of amides is 1. The van der Waals surface area contributed by atoms with E-state index in [4.69, 9.17) is 4.74 Å². The molecular formula is C17H14N2O3S. The molecule has 0 unspecified atom stereocenters. The molecule has 6 heteroatoms. The van der Waals surface area contributed by atoms with E-state index in [0.717, 1.165) is 5.69 Å². The van der Waals surface area contributed by atoms with Gasteiger partial charge >= 0.3 is 5.97 Å². The number of methoxy groups -OCH3 is 1. The minimum absolute atomic E-state index is 0.272. The van der Waals surface area contributed by atoms with Gasteiger partial charge in [0.25, 0.3) is 5.91 Å². The smallest absolute Gasteiger partial charge is 0.340 e. The molecule has 0 fully saturated rings. The van der Waals surface area contributed by atoms with Crippen LogP contribution in [0.4, 0.5) is 5.00 Å². The molecule has 1 aromatic carbocycles. The maximum absolute atomic E-state index is 12.4. The normalized spacial score (nSPS) is 10.3. The second-order valence-electron chi connectivity index (χ2n) is 4.75. The average Bonchev–Trinajstić information content (AvgIpc) is 3.26. The number of carbonyl (C=O) groups is 2. The highest BCUT2D eigenvalue weighted by atomic mass is 32.1. The summed E-state index contributed by atoms with van der Waals surface area (Å²) in [5.41, 5.74) is 1.76. The van der Waals surface area contributed by atoms with Crippen LogP contribution in [0.2, 0.25) is 0 Å². The van der Waals surface area contributed by atoms with Gasteiger partial charge < -0.3 is 14.6 Å². The molecule has 0 spiro atoms. The lowest BCUT2D eigenvalue weighted by Crippen LogP contribution is -2.14. The molecule has 0 aliphatic heterocycles. The third kappa shape index (κ3) is 3.17. The molecule has 0 radical (unpaired) electrons. The Bertz CT molecular complexity index is 837. The number of nitrogens with one attached hydrogen (secondary N) is 1. The molecule has 0 saturated heterocycles. The first kappa shape index (κ1) is 15.1. The molecule has 23 heavy (non-hydrogen) atoms. The summed E-state index contributed by atoms with van der Waals surface area (Å²) >= 11 is 1.28. The van der Waals surface area contributed by atoms with E-state index in [1.807, 2.05) is 41.2 Å². The topological polar surface area (TPSA) is 60.3 Å². The van der Waals surface area contributed by atoms with E-state index in [2.05, 4.69) is 5.32 Å². The first-order chi connectivity index (χ1) is 11.2. The summed E-state index contributed by atoms with van der Waals surface area (Å²) in [4.78, 5) is 24.1. The van der Waals surface area contributed by atoms with E-state index in [0.29, 0.717) is 16.1 Å². The fourth-order valence-electron chi connectivity index (χ4n) is 2.17. The minimum atomic E-state index is -0.470. The van der Waals surface area contributed by atoms with Gasteiger partial charge in [0.05, 0.1) is 12.7 Å². The van der Waals surface area contributed by atoms with Crippen LogP contribution in [0, 0.1) is 0 Å². The highest BCUT2D eigenvalue weighted by molar-refractivity contribution is 7.14. The van der Waals surface area contributed by atoms with Crippen molar-refractivity contribution in [3.63, 3.8) is 0 Å². The second-order valence-corrected chi connectivity index (χ2v) is 5.67. The molecule has 0 bridgehead atoms. The Labute approximate surface area is 137 Å². The first-order valence-corrected chi connectivity index (χ1v) is 7.77. The zero-order valence-corrected chi connectivity index (χ0v) is 13.2. The van der Waals surface area contributed by atoms with Crippen molar-refractivity contribution in [1.29, 1.82) is 0 Å². The number of carbonyl (C=O) groups excluding carboxylic acids is 2. The zero-order valence-electron chi connectivity index (χ0n) is 12.4. The lowest BCUT2D eigenvalue weighted by molar-refractivity contribution is 0.0602.